The number of nitrogens with two attached hydrogens (primary N) is 2. The van der Waals surface area contributed by atoms with Gasteiger partial charge in [-0.2, -0.15) is 0 Å². The molecule has 84 valence electrons. The lowest BCUT2D eigenvalue weighted by Crippen LogP contribution is -2.14. The highest BCUT2D eigenvalue weighted by atomic mass is 19.1. The maximum Gasteiger partial charge on any atom is 0.151 e. The van der Waals surface area contributed by atoms with Gasteiger partial charge in [-0.15, -0.1) is 0 Å². The van der Waals surface area contributed by atoms with Crippen LogP contribution in [-0.2, 0) is 6.42 Å². The molecule has 3 nitrogen and oxygen atoms in total. The molecule has 1 aromatic rings. The number of benzene rings is 1. The van der Waals surface area contributed by atoms with Crippen molar-refractivity contribution in [3.63, 3.8) is 0 Å². The van der Waals surface area contributed by atoms with Crippen LogP contribution in [0, 0.1) is 5.82 Å². The van der Waals surface area contributed by atoms with Crippen LogP contribution < -0.4 is 11.5 Å². The summed E-state index contributed by atoms with van der Waals surface area (Å²) in [6, 6.07) is 3.16. The van der Waals surface area contributed by atoms with E-state index in [-0.39, 0.29) is 11.5 Å². The van der Waals surface area contributed by atoms with Gasteiger partial charge in [-0.3, -0.25) is 0 Å². The Morgan fingerprint density at radius 2 is 1.80 bits per heavy atom. The lowest BCUT2D eigenvalue weighted by Gasteiger charge is -2.11. The second kappa shape index (κ2) is 4.98. The summed E-state index contributed by atoms with van der Waals surface area (Å²) in [5.74, 6) is -0.367. The molecule has 0 saturated carbocycles. The molecule has 15 heavy (non-hydrogen) atoms. The summed E-state index contributed by atoms with van der Waals surface area (Å²) in [7, 11) is 3.97. The Morgan fingerprint density at radius 1 is 1.20 bits per heavy atom. The van der Waals surface area contributed by atoms with E-state index < -0.39 is 0 Å². The Bertz CT molecular complexity index is 337. The van der Waals surface area contributed by atoms with Crippen molar-refractivity contribution >= 4 is 11.4 Å². The van der Waals surface area contributed by atoms with Crippen LogP contribution in [-0.4, -0.2) is 25.5 Å². The van der Waals surface area contributed by atoms with Gasteiger partial charge in [0, 0.05) is 11.3 Å². The van der Waals surface area contributed by atoms with Crippen molar-refractivity contribution < 1.29 is 4.39 Å². The molecule has 0 fully saturated rings. The zero-order chi connectivity index (χ0) is 11.4. The zero-order valence-corrected chi connectivity index (χ0v) is 9.26. The summed E-state index contributed by atoms with van der Waals surface area (Å²) in [5.41, 5.74) is 12.4. The highest BCUT2D eigenvalue weighted by Crippen LogP contribution is 2.22. The molecule has 0 aromatic heterocycles. The van der Waals surface area contributed by atoms with Crippen molar-refractivity contribution in [2.75, 3.05) is 32.1 Å². The van der Waals surface area contributed by atoms with Gasteiger partial charge < -0.3 is 16.4 Å². The quantitative estimate of drug-likeness (QED) is 0.742. The maximum absolute atomic E-state index is 13.6. The molecule has 0 atom stereocenters. The van der Waals surface area contributed by atoms with Crippen molar-refractivity contribution in [1.29, 1.82) is 0 Å². The normalized spacial score (nSPS) is 10.9. The molecule has 0 unspecified atom stereocenters. The van der Waals surface area contributed by atoms with E-state index in [4.69, 9.17) is 11.5 Å². The van der Waals surface area contributed by atoms with Gasteiger partial charge in [-0.1, -0.05) is 0 Å². The largest absolute Gasteiger partial charge is 0.398 e. The van der Waals surface area contributed by atoms with E-state index >= 15 is 0 Å². The lowest BCUT2D eigenvalue weighted by molar-refractivity contribution is 0.399. The minimum atomic E-state index is -0.367. The first-order valence-electron chi connectivity index (χ1n) is 4.99. The number of halogens is 1. The number of nitrogens with zero attached hydrogens (tertiary/aromatic N) is 1. The van der Waals surface area contributed by atoms with E-state index in [0.29, 0.717) is 17.7 Å². The Balaban J connectivity index is 2.71. The van der Waals surface area contributed by atoms with Gasteiger partial charge in [0.25, 0.3) is 0 Å². The van der Waals surface area contributed by atoms with E-state index in [2.05, 4.69) is 4.90 Å². The maximum atomic E-state index is 13.6. The molecular formula is C11H18FN3. The van der Waals surface area contributed by atoms with Crippen LogP contribution in [0.25, 0.3) is 0 Å². The van der Waals surface area contributed by atoms with Gasteiger partial charge in [-0.25, -0.2) is 4.39 Å². The number of hydrogen-bond donors (Lipinski definition) is 2. The molecule has 0 aliphatic rings. The van der Waals surface area contributed by atoms with E-state index in [1.807, 2.05) is 14.1 Å². The highest BCUT2D eigenvalue weighted by Gasteiger charge is 2.09. The van der Waals surface area contributed by atoms with Crippen molar-refractivity contribution in [3.8, 4) is 0 Å². The van der Waals surface area contributed by atoms with Crippen molar-refractivity contribution in [2.24, 2.45) is 0 Å². The predicted octanol–water partition coefficient (Wildman–Crippen LogP) is 1.48. The Morgan fingerprint density at radius 3 is 2.40 bits per heavy atom. The SMILES string of the molecule is CN(C)CCCc1c(N)ccc(N)c1F. The topological polar surface area (TPSA) is 55.3 Å². The van der Waals surface area contributed by atoms with E-state index in [0.717, 1.165) is 13.0 Å². The van der Waals surface area contributed by atoms with Crippen LogP contribution in [0.4, 0.5) is 15.8 Å². The third kappa shape index (κ3) is 3.09. The van der Waals surface area contributed by atoms with Gasteiger partial charge in [0.2, 0.25) is 0 Å². The van der Waals surface area contributed by atoms with E-state index in [9.17, 15) is 4.39 Å². The molecular weight excluding hydrogens is 193 g/mol. The average Bonchev–Trinajstić information content (AvgIpc) is 2.17. The fourth-order valence-electron chi connectivity index (χ4n) is 1.48. The van der Waals surface area contributed by atoms with E-state index in [1.165, 1.54) is 6.07 Å². The van der Waals surface area contributed by atoms with Crippen LogP contribution >= 0.6 is 0 Å². The zero-order valence-electron chi connectivity index (χ0n) is 9.26. The number of rotatable bonds is 4. The van der Waals surface area contributed by atoms with Gasteiger partial charge in [0.15, 0.2) is 5.82 Å². The minimum absolute atomic E-state index is 0.170. The summed E-state index contributed by atoms with van der Waals surface area (Å²) in [6.45, 7) is 0.910. The molecule has 0 heterocycles. The Hall–Kier alpha value is -1.29. The molecule has 0 spiro atoms. The molecule has 4 N–H and O–H groups in total. The molecule has 0 saturated heterocycles. The first kappa shape index (κ1) is 11.8. The summed E-state index contributed by atoms with van der Waals surface area (Å²) in [4.78, 5) is 2.06. The lowest BCUT2D eigenvalue weighted by atomic mass is 10.1. The van der Waals surface area contributed by atoms with Gasteiger partial charge in [0.1, 0.15) is 0 Å². The van der Waals surface area contributed by atoms with Crippen LogP contribution in [0.15, 0.2) is 12.1 Å². The standard InChI is InChI=1S/C11H18FN3/c1-15(2)7-3-4-8-9(13)5-6-10(14)11(8)12/h5-6H,3-4,7,13-14H2,1-2H3. The first-order valence-corrected chi connectivity index (χ1v) is 4.99. The molecule has 1 aromatic carbocycles. The van der Waals surface area contributed by atoms with Crippen LogP contribution in [0.1, 0.15) is 12.0 Å². The number of nitrogen functional groups attached to an aromatic ring is 2. The van der Waals surface area contributed by atoms with Crippen molar-refractivity contribution in [3.05, 3.63) is 23.5 Å². The second-order valence-electron chi connectivity index (χ2n) is 3.94. The summed E-state index contributed by atoms with van der Waals surface area (Å²) < 4.78 is 13.6. The van der Waals surface area contributed by atoms with Crippen molar-refractivity contribution in [1.82, 2.24) is 4.90 Å². The summed E-state index contributed by atoms with van der Waals surface area (Å²) >= 11 is 0. The molecule has 1 rings (SSSR count). The van der Waals surface area contributed by atoms with Gasteiger partial charge in [0.05, 0.1) is 5.69 Å². The third-order valence-electron chi connectivity index (χ3n) is 2.34. The number of anilines is 2. The van der Waals surface area contributed by atoms with Crippen LogP contribution in [0.5, 0.6) is 0 Å². The molecule has 0 aliphatic carbocycles. The number of hydrogen-bond acceptors (Lipinski definition) is 3. The fraction of sp³-hybridized carbons (Fsp3) is 0.455. The minimum Gasteiger partial charge on any atom is -0.398 e. The summed E-state index contributed by atoms with van der Waals surface area (Å²) in [6.07, 6.45) is 1.50. The molecule has 0 amide bonds. The molecule has 4 heteroatoms. The third-order valence-corrected chi connectivity index (χ3v) is 2.34. The Labute approximate surface area is 89.9 Å². The molecule has 0 bridgehead atoms. The van der Waals surface area contributed by atoms with Crippen LogP contribution in [0.3, 0.4) is 0 Å². The van der Waals surface area contributed by atoms with Gasteiger partial charge >= 0.3 is 0 Å². The predicted molar refractivity (Wildman–Crippen MR) is 62.1 cm³/mol. The van der Waals surface area contributed by atoms with Crippen molar-refractivity contribution in [2.45, 2.75) is 12.8 Å². The van der Waals surface area contributed by atoms with Gasteiger partial charge in [-0.05, 0) is 45.6 Å². The molecule has 0 radical (unpaired) electrons. The fourth-order valence-corrected chi connectivity index (χ4v) is 1.48. The summed E-state index contributed by atoms with van der Waals surface area (Å²) in [5, 5.41) is 0. The highest BCUT2D eigenvalue weighted by molar-refractivity contribution is 5.56. The van der Waals surface area contributed by atoms with E-state index in [1.54, 1.807) is 6.07 Å². The Kier molecular flexibility index (Phi) is 3.91. The van der Waals surface area contributed by atoms with Crippen LogP contribution in [0.2, 0.25) is 0 Å². The first-order chi connectivity index (χ1) is 7.02. The second-order valence-corrected chi connectivity index (χ2v) is 3.94. The smallest absolute Gasteiger partial charge is 0.151 e. The average molecular weight is 211 g/mol. The molecule has 0 aliphatic heterocycles. The monoisotopic (exact) mass is 211 g/mol.